The Labute approximate surface area is 183 Å². The Morgan fingerprint density at radius 1 is 0.935 bits per heavy atom. The lowest BCUT2D eigenvalue weighted by Gasteiger charge is -2.38. The minimum Gasteiger partial charge on any atom is -0.339 e. The molecule has 0 radical (unpaired) electrons. The summed E-state index contributed by atoms with van der Waals surface area (Å²) in [5.74, 6) is 0.932. The molecule has 2 heterocycles. The van der Waals surface area contributed by atoms with E-state index < -0.39 is 0 Å². The van der Waals surface area contributed by atoms with Gasteiger partial charge in [0.1, 0.15) is 0 Å². The zero-order valence-electron chi connectivity index (χ0n) is 18.9. The van der Waals surface area contributed by atoms with Crippen LogP contribution >= 0.6 is 0 Å². The van der Waals surface area contributed by atoms with Gasteiger partial charge in [-0.3, -0.25) is 18.7 Å². The van der Waals surface area contributed by atoms with E-state index in [0.717, 1.165) is 43.3 Å². The first kappa shape index (κ1) is 21.7. The number of aryl methyl sites for hydroxylation is 1. The molecule has 0 bridgehead atoms. The molecule has 2 amide bonds. The molecular formula is C24H34N4O3. The maximum Gasteiger partial charge on any atom is 0.328 e. The van der Waals surface area contributed by atoms with Crippen LogP contribution in [0, 0.1) is 17.8 Å². The van der Waals surface area contributed by atoms with Crippen molar-refractivity contribution in [3.8, 4) is 0 Å². The maximum atomic E-state index is 13.0. The third kappa shape index (κ3) is 4.27. The molecule has 168 valence electrons. The molecule has 1 aromatic heterocycles. The molecule has 0 spiro atoms. The molecule has 31 heavy (non-hydrogen) atoms. The molecule has 1 aliphatic carbocycles. The fraction of sp³-hybridized carbons (Fsp3) is 0.625. The Balaban J connectivity index is 1.32. The summed E-state index contributed by atoms with van der Waals surface area (Å²) in [6.45, 7) is 7.13. The topological polar surface area (TPSA) is 67.6 Å². The monoisotopic (exact) mass is 426 g/mol. The van der Waals surface area contributed by atoms with Crippen molar-refractivity contribution in [2.75, 3.05) is 26.2 Å². The summed E-state index contributed by atoms with van der Waals surface area (Å²) in [5, 5.41) is 0. The lowest BCUT2D eigenvalue weighted by molar-refractivity contribution is -0.144. The van der Waals surface area contributed by atoms with Crippen LogP contribution in [0.3, 0.4) is 0 Å². The van der Waals surface area contributed by atoms with Crippen molar-refractivity contribution in [1.29, 1.82) is 0 Å². The van der Waals surface area contributed by atoms with Crippen LogP contribution in [-0.4, -0.2) is 56.9 Å². The first-order chi connectivity index (χ1) is 14.9. The summed E-state index contributed by atoms with van der Waals surface area (Å²) in [6, 6.07) is 7.93. The number of imidazole rings is 1. The van der Waals surface area contributed by atoms with Gasteiger partial charge in [0.2, 0.25) is 11.8 Å². The number of carbonyl (C=O) groups is 2. The van der Waals surface area contributed by atoms with Crippen molar-refractivity contribution in [3.63, 3.8) is 0 Å². The SMILES string of the molecule is CC(C)C(=O)N1CCN(C(=O)[C@H]2CC[C@H](Cn3c(=O)n(C)c4ccccc43)CC2)CC1. The van der Waals surface area contributed by atoms with Gasteiger partial charge in [0, 0.05) is 51.6 Å². The number of benzene rings is 1. The Morgan fingerprint density at radius 2 is 1.52 bits per heavy atom. The van der Waals surface area contributed by atoms with Crippen molar-refractivity contribution >= 4 is 22.8 Å². The van der Waals surface area contributed by atoms with Crippen LogP contribution in [0.25, 0.3) is 11.0 Å². The summed E-state index contributed by atoms with van der Waals surface area (Å²) >= 11 is 0. The fourth-order valence-electron chi connectivity index (χ4n) is 5.16. The average molecular weight is 427 g/mol. The molecule has 0 N–H and O–H groups in total. The minimum absolute atomic E-state index is 0.00627. The maximum absolute atomic E-state index is 13.0. The molecule has 4 rings (SSSR count). The number of piperazine rings is 1. The number of aromatic nitrogens is 2. The normalized spacial score (nSPS) is 22.3. The van der Waals surface area contributed by atoms with Crippen molar-refractivity contribution in [3.05, 3.63) is 34.7 Å². The van der Waals surface area contributed by atoms with Gasteiger partial charge in [-0.05, 0) is 43.7 Å². The van der Waals surface area contributed by atoms with Crippen molar-refractivity contribution in [2.45, 2.75) is 46.1 Å². The summed E-state index contributed by atoms with van der Waals surface area (Å²) in [4.78, 5) is 41.7. The van der Waals surface area contributed by atoms with Crippen LogP contribution in [0.15, 0.2) is 29.1 Å². The van der Waals surface area contributed by atoms with E-state index in [9.17, 15) is 14.4 Å². The van der Waals surface area contributed by atoms with E-state index in [1.165, 1.54) is 0 Å². The standard InChI is InChI=1S/C24H34N4O3/c1-17(2)22(29)26-12-14-27(15-13-26)23(30)19-10-8-18(9-11-19)16-28-21-7-5-4-6-20(21)25(3)24(28)31/h4-7,17-19H,8-16H2,1-3H3/t18-,19-. The molecule has 0 unspecified atom stereocenters. The van der Waals surface area contributed by atoms with E-state index in [-0.39, 0.29) is 29.3 Å². The molecule has 1 aromatic carbocycles. The number of amides is 2. The van der Waals surface area contributed by atoms with Crippen molar-refractivity contribution in [1.82, 2.24) is 18.9 Å². The number of para-hydroxylation sites is 2. The molecule has 1 saturated heterocycles. The summed E-state index contributed by atoms with van der Waals surface area (Å²) < 4.78 is 3.61. The van der Waals surface area contributed by atoms with Crippen LogP contribution < -0.4 is 5.69 Å². The quantitative estimate of drug-likeness (QED) is 0.754. The predicted octanol–water partition coefficient (Wildman–Crippen LogP) is 2.47. The van der Waals surface area contributed by atoms with E-state index in [1.807, 2.05) is 59.5 Å². The van der Waals surface area contributed by atoms with Gasteiger partial charge in [-0.2, -0.15) is 0 Å². The zero-order chi connectivity index (χ0) is 22.1. The van der Waals surface area contributed by atoms with E-state index in [1.54, 1.807) is 4.57 Å². The van der Waals surface area contributed by atoms with Gasteiger partial charge in [0.05, 0.1) is 11.0 Å². The summed E-state index contributed by atoms with van der Waals surface area (Å²) in [7, 11) is 1.82. The van der Waals surface area contributed by atoms with Crippen LogP contribution in [0.1, 0.15) is 39.5 Å². The van der Waals surface area contributed by atoms with Crippen LogP contribution in [0.4, 0.5) is 0 Å². The van der Waals surface area contributed by atoms with E-state index in [0.29, 0.717) is 32.1 Å². The van der Waals surface area contributed by atoms with Gasteiger partial charge in [-0.25, -0.2) is 4.79 Å². The van der Waals surface area contributed by atoms with Crippen molar-refractivity contribution < 1.29 is 9.59 Å². The second-order valence-corrected chi connectivity index (χ2v) is 9.46. The van der Waals surface area contributed by atoms with Gasteiger partial charge in [-0.15, -0.1) is 0 Å². The molecule has 2 aromatic rings. The first-order valence-electron chi connectivity index (χ1n) is 11.6. The fourth-order valence-corrected chi connectivity index (χ4v) is 5.16. The van der Waals surface area contributed by atoms with Gasteiger partial charge in [-0.1, -0.05) is 26.0 Å². The summed E-state index contributed by atoms with van der Waals surface area (Å²) in [6.07, 6.45) is 3.71. The number of nitrogens with zero attached hydrogens (tertiary/aromatic N) is 4. The Morgan fingerprint density at radius 3 is 2.13 bits per heavy atom. The number of rotatable bonds is 4. The van der Waals surface area contributed by atoms with Crippen LogP contribution in [0.5, 0.6) is 0 Å². The highest BCUT2D eigenvalue weighted by Crippen LogP contribution is 2.32. The first-order valence-corrected chi connectivity index (χ1v) is 11.6. The Bertz CT molecular complexity index is 1010. The van der Waals surface area contributed by atoms with E-state index in [2.05, 4.69) is 0 Å². The van der Waals surface area contributed by atoms with E-state index in [4.69, 9.17) is 0 Å². The largest absolute Gasteiger partial charge is 0.339 e. The third-order valence-electron chi connectivity index (χ3n) is 7.09. The molecule has 2 fully saturated rings. The Hall–Kier alpha value is -2.57. The molecule has 7 heteroatoms. The number of carbonyl (C=O) groups excluding carboxylic acids is 2. The molecule has 2 aliphatic rings. The predicted molar refractivity (Wildman–Crippen MR) is 121 cm³/mol. The molecule has 0 atom stereocenters. The number of hydrogen-bond donors (Lipinski definition) is 0. The zero-order valence-corrected chi connectivity index (χ0v) is 18.9. The minimum atomic E-state index is 0.00627. The van der Waals surface area contributed by atoms with Gasteiger partial charge >= 0.3 is 5.69 Å². The lowest BCUT2D eigenvalue weighted by atomic mass is 9.81. The molecule has 1 aliphatic heterocycles. The summed E-state index contributed by atoms with van der Waals surface area (Å²) in [5.41, 5.74) is 1.99. The van der Waals surface area contributed by atoms with Crippen molar-refractivity contribution in [2.24, 2.45) is 24.8 Å². The highest BCUT2D eigenvalue weighted by atomic mass is 16.2. The van der Waals surface area contributed by atoms with E-state index >= 15 is 0 Å². The Kier molecular flexibility index (Phi) is 6.21. The van der Waals surface area contributed by atoms with Gasteiger partial charge in [0.15, 0.2) is 0 Å². The molecule has 7 nitrogen and oxygen atoms in total. The second-order valence-electron chi connectivity index (χ2n) is 9.46. The van der Waals surface area contributed by atoms with Crippen LogP contribution in [-0.2, 0) is 23.2 Å². The second kappa shape index (κ2) is 8.89. The smallest absolute Gasteiger partial charge is 0.328 e. The molecule has 1 saturated carbocycles. The lowest BCUT2D eigenvalue weighted by Crippen LogP contribution is -2.53. The van der Waals surface area contributed by atoms with Gasteiger partial charge < -0.3 is 9.80 Å². The van der Waals surface area contributed by atoms with Gasteiger partial charge in [0.25, 0.3) is 0 Å². The average Bonchev–Trinajstić information content (AvgIpc) is 3.03. The third-order valence-corrected chi connectivity index (χ3v) is 7.09. The highest BCUT2D eigenvalue weighted by Gasteiger charge is 2.32. The number of fused-ring (bicyclic) bond motifs is 1. The number of hydrogen-bond acceptors (Lipinski definition) is 3. The van der Waals surface area contributed by atoms with Crippen LogP contribution in [0.2, 0.25) is 0 Å². The molecular weight excluding hydrogens is 392 g/mol. The highest BCUT2D eigenvalue weighted by molar-refractivity contribution is 5.81.